The Morgan fingerprint density at radius 1 is 1.28 bits per heavy atom. The maximum Gasteiger partial charge on any atom is 0.128 e. The molecule has 0 radical (unpaired) electrons. The summed E-state index contributed by atoms with van der Waals surface area (Å²) in [6, 6.07) is 5.90. The molecule has 2 unspecified atom stereocenters. The number of anilines is 1. The van der Waals surface area contributed by atoms with Crippen LogP contribution < -0.4 is 5.32 Å². The van der Waals surface area contributed by atoms with E-state index in [1.54, 1.807) is 13.0 Å². The Morgan fingerprint density at radius 2 is 2.00 bits per heavy atom. The molecule has 1 aliphatic carbocycles. The molecule has 1 nitrogen and oxygen atoms in total. The van der Waals surface area contributed by atoms with Crippen molar-refractivity contribution in [2.24, 2.45) is 11.3 Å². The molecule has 0 amide bonds. The molecule has 0 spiro atoms. The van der Waals surface area contributed by atoms with Gasteiger partial charge in [-0.25, -0.2) is 4.39 Å². The molecular weight excluding hydrogens is 225 g/mol. The Bertz CT molecular complexity index is 425. The summed E-state index contributed by atoms with van der Waals surface area (Å²) in [4.78, 5) is 0. The van der Waals surface area contributed by atoms with E-state index in [9.17, 15) is 4.39 Å². The summed E-state index contributed by atoms with van der Waals surface area (Å²) in [5.41, 5.74) is 2.00. The molecule has 100 valence electrons. The van der Waals surface area contributed by atoms with Crippen LogP contribution in [0.15, 0.2) is 18.2 Å². The highest BCUT2D eigenvalue weighted by Gasteiger charge is 2.31. The SMILES string of the molecule is Cc1ccc(NC2CC(C)CC(C)(C)C2)cc1F. The molecule has 2 rings (SSSR count). The molecule has 0 saturated heterocycles. The average Bonchev–Trinajstić information content (AvgIpc) is 2.20. The Kier molecular flexibility index (Phi) is 3.65. The normalized spacial score (nSPS) is 26.9. The number of rotatable bonds is 2. The van der Waals surface area contributed by atoms with Crippen molar-refractivity contribution in [3.8, 4) is 0 Å². The van der Waals surface area contributed by atoms with Crippen LogP contribution in [-0.2, 0) is 0 Å². The molecule has 0 heterocycles. The molecule has 1 fully saturated rings. The molecule has 18 heavy (non-hydrogen) atoms. The molecule has 2 atom stereocenters. The van der Waals surface area contributed by atoms with Gasteiger partial charge in [0, 0.05) is 11.7 Å². The molecule has 1 aliphatic rings. The van der Waals surface area contributed by atoms with E-state index in [1.807, 2.05) is 12.1 Å². The topological polar surface area (TPSA) is 12.0 Å². The lowest BCUT2D eigenvalue weighted by molar-refractivity contribution is 0.178. The maximum absolute atomic E-state index is 13.5. The van der Waals surface area contributed by atoms with E-state index in [0.717, 1.165) is 18.0 Å². The maximum atomic E-state index is 13.5. The zero-order valence-corrected chi connectivity index (χ0v) is 11.9. The molecule has 1 aromatic rings. The zero-order chi connectivity index (χ0) is 13.3. The van der Waals surface area contributed by atoms with Crippen LogP contribution in [0.25, 0.3) is 0 Å². The largest absolute Gasteiger partial charge is 0.382 e. The first-order valence-corrected chi connectivity index (χ1v) is 6.88. The van der Waals surface area contributed by atoms with Gasteiger partial charge in [-0.15, -0.1) is 0 Å². The molecule has 0 aliphatic heterocycles. The summed E-state index contributed by atoms with van der Waals surface area (Å²) in [7, 11) is 0. The number of benzene rings is 1. The van der Waals surface area contributed by atoms with Crippen molar-refractivity contribution in [2.45, 2.75) is 53.0 Å². The standard InChI is InChI=1S/C16H24FN/c1-11-7-14(10-16(3,4)9-11)18-13-6-5-12(2)15(17)8-13/h5-6,8,11,14,18H,7,9-10H2,1-4H3. The van der Waals surface area contributed by atoms with E-state index in [0.29, 0.717) is 17.0 Å². The van der Waals surface area contributed by atoms with Crippen molar-refractivity contribution in [3.63, 3.8) is 0 Å². The molecule has 1 aromatic carbocycles. The van der Waals surface area contributed by atoms with Gasteiger partial charge in [-0.05, 0) is 55.2 Å². The van der Waals surface area contributed by atoms with Crippen LogP contribution >= 0.6 is 0 Å². The van der Waals surface area contributed by atoms with Gasteiger partial charge in [-0.1, -0.05) is 26.8 Å². The quantitative estimate of drug-likeness (QED) is 0.796. The fraction of sp³-hybridized carbons (Fsp3) is 0.625. The van der Waals surface area contributed by atoms with Crippen molar-refractivity contribution < 1.29 is 4.39 Å². The van der Waals surface area contributed by atoms with Gasteiger partial charge in [-0.3, -0.25) is 0 Å². The van der Waals surface area contributed by atoms with E-state index in [-0.39, 0.29) is 5.82 Å². The lowest BCUT2D eigenvalue weighted by Crippen LogP contribution is -2.35. The highest BCUT2D eigenvalue weighted by molar-refractivity contribution is 5.46. The fourth-order valence-electron chi connectivity index (χ4n) is 3.37. The minimum absolute atomic E-state index is 0.122. The summed E-state index contributed by atoms with van der Waals surface area (Å²) >= 11 is 0. The third-order valence-electron chi connectivity index (χ3n) is 3.93. The average molecular weight is 249 g/mol. The van der Waals surface area contributed by atoms with Crippen LogP contribution in [0, 0.1) is 24.1 Å². The van der Waals surface area contributed by atoms with E-state index in [4.69, 9.17) is 0 Å². The zero-order valence-electron chi connectivity index (χ0n) is 11.9. The van der Waals surface area contributed by atoms with Crippen molar-refractivity contribution in [2.75, 3.05) is 5.32 Å². The second-order valence-electron chi connectivity index (χ2n) is 6.72. The van der Waals surface area contributed by atoms with Gasteiger partial charge in [0.1, 0.15) is 5.82 Å². The molecular formula is C16H24FN. The van der Waals surface area contributed by atoms with Crippen LogP contribution in [0.5, 0.6) is 0 Å². The van der Waals surface area contributed by atoms with Crippen molar-refractivity contribution >= 4 is 5.69 Å². The Hall–Kier alpha value is -1.05. The summed E-state index contributed by atoms with van der Waals surface area (Å²) in [6.07, 6.45) is 3.62. The smallest absolute Gasteiger partial charge is 0.128 e. The number of hydrogen-bond acceptors (Lipinski definition) is 1. The molecule has 2 heteroatoms. The van der Waals surface area contributed by atoms with E-state index in [1.165, 1.54) is 12.8 Å². The third-order valence-corrected chi connectivity index (χ3v) is 3.93. The first-order valence-electron chi connectivity index (χ1n) is 6.88. The number of hydrogen-bond donors (Lipinski definition) is 1. The van der Waals surface area contributed by atoms with Gasteiger partial charge in [0.15, 0.2) is 0 Å². The van der Waals surface area contributed by atoms with Gasteiger partial charge >= 0.3 is 0 Å². The molecule has 0 bridgehead atoms. The summed E-state index contributed by atoms with van der Waals surface area (Å²) in [5, 5.41) is 3.49. The highest BCUT2D eigenvalue weighted by Crippen LogP contribution is 2.39. The third kappa shape index (κ3) is 3.24. The lowest BCUT2D eigenvalue weighted by atomic mass is 9.70. The minimum Gasteiger partial charge on any atom is -0.382 e. The Balaban J connectivity index is 2.06. The molecule has 1 N–H and O–H groups in total. The summed E-state index contributed by atoms with van der Waals surface area (Å²) in [5.74, 6) is 0.615. The Labute approximate surface area is 110 Å². The second-order valence-corrected chi connectivity index (χ2v) is 6.72. The fourth-order valence-corrected chi connectivity index (χ4v) is 3.37. The first kappa shape index (κ1) is 13.4. The second kappa shape index (κ2) is 4.91. The van der Waals surface area contributed by atoms with Gasteiger partial charge in [-0.2, -0.15) is 0 Å². The lowest BCUT2D eigenvalue weighted by Gasteiger charge is -2.39. The van der Waals surface area contributed by atoms with Crippen LogP contribution in [0.4, 0.5) is 10.1 Å². The van der Waals surface area contributed by atoms with Gasteiger partial charge in [0.05, 0.1) is 0 Å². The van der Waals surface area contributed by atoms with Crippen molar-refractivity contribution in [1.29, 1.82) is 0 Å². The predicted octanol–water partition coefficient (Wildman–Crippen LogP) is 4.76. The van der Waals surface area contributed by atoms with Gasteiger partial charge < -0.3 is 5.32 Å². The molecule has 0 aromatic heterocycles. The van der Waals surface area contributed by atoms with Gasteiger partial charge in [0.2, 0.25) is 0 Å². The first-order chi connectivity index (χ1) is 8.35. The number of nitrogens with one attached hydrogen (secondary N) is 1. The van der Waals surface area contributed by atoms with Crippen LogP contribution in [-0.4, -0.2) is 6.04 Å². The molecule has 1 saturated carbocycles. The van der Waals surface area contributed by atoms with Crippen LogP contribution in [0.3, 0.4) is 0 Å². The van der Waals surface area contributed by atoms with Crippen LogP contribution in [0.2, 0.25) is 0 Å². The predicted molar refractivity (Wildman–Crippen MR) is 75.3 cm³/mol. The Morgan fingerprint density at radius 3 is 2.61 bits per heavy atom. The van der Waals surface area contributed by atoms with E-state index < -0.39 is 0 Å². The highest BCUT2D eigenvalue weighted by atomic mass is 19.1. The summed E-state index contributed by atoms with van der Waals surface area (Å²) < 4.78 is 13.5. The van der Waals surface area contributed by atoms with E-state index in [2.05, 4.69) is 26.1 Å². The van der Waals surface area contributed by atoms with Gasteiger partial charge in [0.25, 0.3) is 0 Å². The summed E-state index contributed by atoms with van der Waals surface area (Å²) in [6.45, 7) is 8.76. The van der Waals surface area contributed by atoms with Crippen molar-refractivity contribution in [1.82, 2.24) is 0 Å². The van der Waals surface area contributed by atoms with Crippen molar-refractivity contribution in [3.05, 3.63) is 29.6 Å². The number of aryl methyl sites for hydroxylation is 1. The number of halogens is 1. The van der Waals surface area contributed by atoms with Crippen LogP contribution in [0.1, 0.15) is 45.6 Å². The minimum atomic E-state index is -0.122. The monoisotopic (exact) mass is 249 g/mol. The van der Waals surface area contributed by atoms with E-state index >= 15 is 0 Å².